The summed E-state index contributed by atoms with van der Waals surface area (Å²) in [6.07, 6.45) is 5.74. The molecule has 0 radical (unpaired) electrons. The fourth-order valence-electron chi connectivity index (χ4n) is 2.67. The molecule has 126 valence electrons. The summed E-state index contributed by atoms with van der Waals surface area (Å²) in [7, 11) is 0. The van der Waals surface area contributed by atoms with Gasteiger partial charge in [0.2, 0.25) is 5.91 Å². The maximum atomic E-state index is 12.5. The lowest BCUT2D eigenvalue weighted by Gasteiger charge is -2.31. The minimum Gasteiger partial charge on any atom is -0.356 e. The lowest BCUT2D eigenvalue weighted by Crippen LogP contribution is -2.45. The number of carbonyl (C=O) groups is 2. The molecule has 1 saturated heterocycles. The Balaban J connectivity index is 1.91. The van der Waals surface area contributed by atoms with E-state index in [0.717, 1.165) is 25.0 Å². The summed E-state index contributed by atoms with van der Waals surface area (Å²) >= 11 is 0. The van der Waals surface area contributed by atoms with E-state index in [0.29, 0.717) is 31.2 Å². The molecular formula is C17H26N4O2. The average molecular weight is 318 g/mol. The fourth-order valence-corrected chi connectivity index (χ4v) is 2.67. The van der Waals surface area contributed by atoms with Crippen LogP contribution in [0.5, 0.6) is 0 Å². The highest BCUT2D eigenvalue weighted by Gasteiger charge is 2.29. The third kappa shape index (κ3) is 5.01. The first-order chi connectivity index (χ1) is 11.0. The van der Waals surface area contributed by atoms with Gasteiger partial charge in [-0.3, -0.25) is 14.6 Å². The van der Waals surface area contributed by atoms with Gasteiger partial charge in [-0.15, -0.1) is 0 Å². The highest BCUT2D eigenvalue weighted by molar-refractivity contribution is 5.92. The van der Waals surface area contributed by atoms with Gasteiger partial charge < -0.3 is 10.2 Å². The van der Waals surface area contributed by atoms with Crippen LogP contribution >= 0.6 is 0 Å². The molecule has 1 atom stereocenters. The van der Waals surface area contributed by atoms with Crippen LogP contribution in [0.25, 0.3) is 0 Å². The molecule has 1 aromatic heterocycles. The molecule has 1 unspecified atom stereocenters. The molecule has 2 rings (SSSR count). The van der Waals surface area contributed by atoms with E-state index in [1.807, 2.05) is 6.92 Å². The summed E-state index contributed by atoms with van der Waals surface area (Å²) in [5, 5.41) is 2.99. The van der Waals surface area contributed by atoms with E-state index in [1.165, 1.54) is 6.20 Å². The number of carbonyl (C=O) groups excluding carboxylic acids is 2. The molecule has 1 N–H and O–H groups in total. The van der Waals surface area contributed by atoms with E-state index in [9.17, 15) is 9.59 Å². The predicted molar refractivity (Wildman–Crippen MR) is 87.9 cm³/mol. The van der Waals surface area contributed by atoms with Gasteiger partial charge in [0.15, 0.2) is 0 Å². The topological polar surface area (TPSA) is 75.2 Å². The number of hydrogen-bond acceptors (Lipinski definition) is 4. The quantitative estimate of drug-likeness (QED) is 0.898. The summed E-state index contributed by atoms with van der Waals surface area (Å²) in [6, 6.07) is 0. The molecule has 0 aliphatic carbocycles. The van der Waals surface area contributed by atoms with Gasteiger partial charge in [-0.05, 0) is 32.1 Å². The zero-order chi connectivity index (χ0) is 16.8. The Morgan fingerprint density at radius 1 is 1.35 bits per heavy atom. The second kappa shape index (κ2) is 8.04. The molecule has 6 heteroatoms. The number of aromatic nitrogens is 2. The third-order valence-electron chi connectivity index (χ3n) is 4.10. The Labute approximate surface area is 137 Å². The molecule has 2 heterocycles. The summed E-state index contributed by atoms with van der Waals surface area (Å²) < 4.78 is 0. The maximum absolute atomic E-state index is 12.5. The van der Waals surface area contributed by atoms with Crippen molar-refractivity contribution < 1.29 is 9.59 Å². The lowest BCUT2D eigenvalue weighted by molar-refractivity contribution is -0.126. The van der Waals surface area contributed by atoms with Crippen LogP contribution in [0.4, 0.5) is 0 Å². The first-order valence-corrected chi connectivity index (χ1v) is 8.33. The van der Waals surface area contributed by atoms with Crippen LogP contribution in [0, 0.1) is 18.8 Å². The van der Waals surface area contributed by atoms with Gasteiger partial charge in [-0.2, -0.15) is 0 Å². The van der Waals surface area contributed by atoms with Crippen LogP contribution in [0.1, 0.15) is 49.3 Å². The molecule has 2 amide bonds. The molecular weight excluding hydrogens is 292 g/mol. The third-order valence-corrected chi connectivity index (χ3v) is 4.10. The largest absolute Gasteiger partial charge is 0.356 e. The number of hydrogen-bond donors (Lipinski definition) is 1. The van der Waals surface area contributed by atoms with Gasteiger partial charge >= 0.3 is 0 Å². The zero-order valence-corrected chi connectivity index (χ0v) is 14.2. The molecule has 1 fully saturated rings. The predicted octanol–water partition coefficient (Wildman–Crippen LogP) is 1.80. The average Bonchev–Trinajstić information content (AvgIpc) is 2.54. The number of piperidine rings is 1. The molecule has 23 heavy (non-hydrogen) atoms. The van der Waals surface area contributed by atoms with E-state index >= 15 is 0 Å². The van der Waals surface area contributed by atoms with Crippen molar-refractivity contribution in [2.24, 2.45) is 11.8 Å². The van der Waals surface area contributed by atoms with Gasteiger partial charge in [0, 0.05) is 25.8 Å². The zero-order valence-electron chi connectivity index (χ0n) is 14.2. The number of likely N-dealkylation sites (tertiary alicyclic amines) is 1. The van der Waals surface area contributed by atoms with Crippen LogP contribution in [0.2, 0.25) is 0 Å². The van der Waals surface area contributed by atoms with E-state index in [2.05, 4.69) is 29.1 Å². The Morgan fingerprint density at radius 3 is 2.78 bits per heavy atom. The summed E-state index contributed by atoms with van der Waals surface area (Å²) in [5.41, 5.74) is 1.12. The van der Waals surface area contributed by atoms with Crippen molar-refractivity contribution in [1.29, 1.82) is 0 Å². The van der Waals surface area contributed by atoms with Crippen LogP contribution < -0.4 is 5.32 Å². The Bertz CT molecular complexity index is 542. The van der Waals surface area contributed by atoms with Gasteiger partial charge in [-0.1, -0.05) is 13.8 Å². The van der Waals surface area contributed by atoms with E-state index in [-0.39, 0.29) is 17.7 Å². The van der Waals surface area contributed by atoms with Crippen molar-refractivity contribution >= 4 is 11.8 Å². The molecule has 1 aromatic rings. The number of aryl methyl sites for hydroxylation is 1. The van der Waals surface area contributed by atoms with E-state index in [4.69, 9.17) is 0 Å². The van der Waals surface area contributed by atoms with Crippen LogP contribution in [0.15, 0.2) is 12.4 Å². The lowest BCUT2D eigenvalue weighted by atomic mass is 9.96. The summed E-state index contributed by atoms with van der Waals surface area (Å²) in [6.45, 7) is 7.93. The van der Waals surface area contributed by atoms with Crippen molar-refractivity contribution in [2.75, 3.05) is 19.6 Å². The monoisotopic (exact) mass is 318 g/mol. The van der Waals surface area contributed by atoms with Gasteiger partial charge in [0.25, 0.3) is 5.91 Å². The fraction of sp³-hybridized carbons (Fsp3) is 0.647. The second-order valence-corrected chi connectivity index (χ2v) is 6.61. The summed E-state index contributed by atoms with van der Waals surface area (Å²) in [4.78, 5) is 34.7. The number of rotatable bonds is 5. The van der Waals surface area contributed by atoms with Crippen LogP contribution in [-0.2, 0) is 4.79 Å². The van der Waals surface area contributed by atoms with Gasteiger partial charge in [0.1, 0.15) is 5.69 Å². The highest BCUT2D eigenvalue weighted by atomic mass is 16.2. The Hall–Kier alpha value is -1.98. The molecule has 0 saturated carbocycles. The Morgan fingerprint density at radius 2 is 2.13 bits per heavy atom. The van der Waals surface area contributed by atoms with Crippen molar-refractivity contribution in [2.45, 2.75) is 40.0 Å². The second-order valence-electron chi connectivity index (χ2n) is 6.61. The normalized spacial score (nSPS) is 18.1. The minimum atomic E-state index is -0.141. The summed E-state index contributed by atoms with van der Waals surface area (Å²) in [5.74, 6) is 0.355. The standard InChI is InChI=1S/C17H26N4O2/c1-12(2)6-7-18-16(22)14-5-4-8-21(11-14)17(23)15-10-19-13(3)9-20-15/h9-10,12,14H,4-8,11H2,1-3H3,(H,18,22). The van der Waals surface area contributed by atoms with Gasteiger partial charge in [-0.25, -0.2) is 4.98 Å². The van der Waals surface area contributed by atoms with Gasteiger partial charge in [0.05, 0.1) is 17.8 Å². The molecule has 6 nitrogen and oxygen atoms in total. The van der Waals surface area contributed by atoms with Crippen molar-refractivity contribution in [3.63, 3.8) is 0 Å². The first kappa shape index (κ1) is 17.4. The molecule has 1 aliphatic rings. The molecule has 0 aromatic carbocycles. The minimum absolute atomic E-state index is 0.0538. The Kier molecular flexibility index (Phi) is 6.07. The SMILES string of the molecule is Cc1cnc(C(=O)N2CCCC(C(=O)NCCC(C)C)C2)cn1. The molecule has 1 aliphatic heterocycles. The van der Waals surface area contributed by atoms with E-state index in [1.54, 1.807) is 11.1 Å². The smallest absolute Gasteiger partial charge is 0.274 e. The molecule has 0 spiro atoms. The maximum Gasteiger partial charge on any atom is 0.274 e. The number of amides is 2. The number of nitrogens with zero attached hydrogens (tertiary/aromatic N) is 3. The number of nitrogens with one attached hydrogen (secondary N) is 1. The first-order valence-electron chi connectivity index (χ1n) is 8.33. The van der Waals surface area contributed by atoms with Crippen molar-refractivity contribution in [1.82, 2.24) is 20.2 Å². The highest BCUT2D eigenvalue weighted by Crippen LogP contribution is 2.18. The van der Waals surface area contributed by atoms with Crippen LogP contribution in [0.3, 0.4) is 0 Å². The van der Waals surface area contributed by atoms with Crippen molar-refractivity contribution in [3.8, 4) is 0 Å². The molecule has 0 bridgehead atoms. The van der Waals surface area contributed by atoms with Crippen molar-refractivity contribution in [3.05, 3.63) is 23.8 Å². The van der Waals surface area contributed by atoms with E-state index < -0.39 is 0 Å². The van der Waals surface area contributed by atoms with Crippen LogP contribution in [-0.4, -0.2) is 46.3 Å².